The molecule has 8 heteroatoms. The molecule has 0 aliphatic heterocycles. The van der Waals surface area contributed by atoms with Crippen LogP contribution in [0.15, 0.2) is 83.5 Å². The second-order valence-corrected chi connectivity index (χ2v) is 7.37. The van der Waals surface area contributed by atoms with Crippen molar-refractivity contribution in [3.05, 3.63) is 95.1 Å². The van der Waals surface area contributed by atoms with E-state index in [1.165, 1.54) is 0 Å². The summed E-state index contributed by atoms with van der Waals surface area (Å²) in [5, 5.41) is 7.06. The molecular weight excluding hydrogens is 432 g/mol. The number of nitrogens with two attached hydrogens (primary N) is 1. The van der Waals surface area contributed by atoms with Crippen LogP contribution in [0.1, 0.15) is 28.4 Å². The van der Waals surface area contributed by atoms with E-state index in [0.29, 0.717) is 40.4 Å². The highest BCUT2D eigenvalue weighted by atomic mass is 16.5. The number of hydrogen-bond acceptors (Lipinski definition) is 6. The van der Waals surface area contributed by atoms with Gasteiger partial charge in [-0.1, -0.05) is 36.4 Å². The van der Waals surface area contributed by atoms with E-state index in [9.17, 15) is 14.4 Å². The number of nitrogens with one attached hydrogen (secondary N) is 2. The van der Waals surface area contributed by atoms with E-state index in [2.05, 4.69) is 15.8 Å². The Kier molecular flexibility index (Phi) is 6.49. The number of benzene rings is 3. The predicted octanol–water partition coefficient (Wildman–Crippen LogP) is 3.61. The average molecular weight is 454 g/mol. The van der Waals surface area contributed by atoms with Crippen LogP contribution in [0.4, 0.5) is 11.4 Å². The van der Waals surface area contributed by atoms with Crippen LogP contribution >= 0.6 is 0 Å². The summed E-state index contributed by atoms with van der Waals surface area (Å²) in [7, 11) is 0. The maximum atomic E-state index is 13.3. The highest BCUT2D eigenvalue weighted by Gasteiger charge is 2.30. The molecule has 0 saturated heterocycles. The van der Waals surface area contributed by atoms with Gasteiger partial charge in [0, 0.05) is 11.1 Å². The number of hydrogen-bond donors (Lipinski definition) is 3. The number of nitrogens with zero attached hydrogens (tertiary/aromatic N) is 1. The van der Waals surface area contributed by atoms with Crippen LogP contribution in [-0.4, -0.2) is 29.9 Å². The highest BCUT2D eigenvalue weighted by Crippen LogP contribution is 2.27. The van der Waals surface area contributed by atoms with Gasteiger partial charge in [-0.25, -0.2) is 0 Å². The maximum absolute atomic E-state index is 13.3. The van der Waals surface area contributed by atoms with E-state index in [1.807, 2.05) is 13.0 Å². The lowest BCUT2D eigenvalue weighted by Crippen LogP contribution is -2.30. The van der Waals surface area contributed by atoms with Crippen molar-refractivity contribution < 1.29 is 19.1 Å². The first-order valence-corrected chi connectivity index (χ1v) is 10.6. The number of rotatable bonds is 7. The Labute approximate surface area is 196 Å². The fourth-order valence-corrected chi connectivity index (χ4v) is 3.46. The van der Waals surface area contributed by atoms with E-state index in [0.717, 1.165) is 0 Å². The largest absolute Gasteiger partial charge is 0.492 e. The van der Waals surface area contributed by atoms with Gasteiger partial charge in [0.1, 0.15) is 11.5 Å². The maximum Gasteiger partial charge on any atom is 0.259 e. The zero-order valence-corrected chi connectivity index (χ0v) is 18.4. The van der Waals surface area contributed by atoms with Gasteiger partial charge in [0.05, 0.1) is 23.6 Å². The first kappa shape index (κ1) is 22.5. The van der Waals surface area contributed by atoms with Crippen LogP contribution in [0.25, 0.3) is 6.08 Å². The fraction of sp³-hybridized carbons (Fsp3) is 0.0769. The molecular formula is C26H22N4O4. The number of Topliss-reactive ketones (excluding diaryl/α,β-unsaturated/α-hetero) is 1. The van der Waals surface area contributed by atoms with Crippen LogP contribution in [0.5, 0.6) is 5.75 Å². The van der Waals surface area contributed by atoms with E-state index in [-0.39, 0.29) is 11.3 Å². The summed E-state index contributed by atoms with van der Waals surface area (Å²) in [4.78, 5) is 37.7. The van der Waals surface area contributed by atoms with Gasteiger partial charge in [-0.05, 0) is 55.0 Å². The molecule has 0 unspecified atom stereocenters. The van der Waals surface area contributed by atoms with Gasteiger partial charge in [0.25, 0.3) is 5.91 Å². The Hall–Kier alpha value is -4.72. The number of ether oxygens (including phenoxy) is 1. The predicted molar refractivity (Wildman–Crippen MR) is 131 cm³/mol. The van der Waals surface area contributed by atoms with Crippen molar-refractivity contribution in [3.8, 4) is 5.75 Å². The van der Waals surface area contributed by atoms with E-state index >= 15 is 0 Å². The number of carbonyl (C=O) groups excluding carboxylic acids is 3. The Morgan fingerprint density at radius 2 is 1.68 bits per heavy atom. The van der Waals surface area contributed by atoms with E-state index in [1.54, 1.807) is 72.8 Å². The first-order valence-electron chi connectivity index (χ1n) is 10.6. The van der Waals surface area contributed by atoms with Crippen molar-refractivity contribution in [1.82, 2.24) is 0 Å². The third-order valence-electron chi connectivity index (χ3n) is 5.12. The molecule has 3 aromatic carbocycles. The summed E-state index contributed by atoms with van der Waals surface area (Å²) in [6.45, 7) is 2.28. The Morgan fingerprint density at radius 3 is 2.41 bits per heavy atom. The quantitative estimate of drug-likeness (QED) is 0.372. The number of carbonyl (C=O) groups is 3. The average Bonchev–Trinajstić information content (AvgIpc) is 2.84. The molecule has 0 heterocycles. The van der Waals surface area contributed by atoms with Crippen molar-refractivity contribution in [1.29, 1.82) is 0 Å². The normalized spacial score (nSPS) is 13.6. The molecule has 3 aromatic rings. The van der Waals surface area contributed by atoms with Crippen LogP contribution in [0, 0.1) is 0 Å². The second-order valence-electron chi connectivity index (χ2n) is 7.37. The van der Waals surface area contributed by atoms with Gasteiger partial charge in [-0.2, -0.15) is 5.10 Å². The molecule has 4 rings (SSSR count). The third kappa shape index (κ3) is 4.71. The van der Waals surface area contributed by atoms with Gasteiger partial charge in [0.15, 0.2) is 0 Å². The lowest BCUT2D eigenvalue weighted by atomic mass is 9.89. The van der Waals surface area contributed by atoms with Crippen LogP contribution < -0.4 is 21.2 Å². The summed E-state index contributed by atoms with van der Waals surface area (Å²) in [5.74, 6) is -1.12. The summed E-state index contributed by atoms with van der Waals surface area (Å²) >= 11 is 0. The molecule has 2 amide bonds. The zero-order chi connectivity index (χ0) is 24.1. The molecule has 0 spiro atoms. The molecule has 0 saturated carbocycles. The number of para-hydroxylation sites is 2. The van der Waals surface area contributed by atoms with Gasteiger partial charge < -0.3 is 15.8 Å². The molecule has 4 N–H and O–H groups in total. The summed E-state index contributed by atoms with van der Waals surface area (Å²) in [5.41, 5.74) is 10.8. The van der Waals surface area contributed by atoms with Crippen molar-refractivity contribution >= 4 is 40.8 Å². The number of primary amides is 1. The smallest absolute Gasteiger partial charge is 0.259 e. The zero-order valence-electron chi connectivity index (χ0n) is 18.4. The van der Waals surface area contributed by atoms with Gasteiger partial charge >= 0.3 is 0 Å². The van der Waals surface area contributed by atoms with Crippen molar-refractivity contribution in [2.45, 2.75) is 6.92 Å². The van der Waals surface area contributed by atoms with Crippen LogP contribution in [-0.2, 0) is 9.59 Å². The minimum Gasteiger partial charge on any atom is -0.492 e. The molecule has 170 valence electrons. The van der Waals surface area contributed by atoms with Gasteiger partial charge in [-0.15, -0.1) is 0 Å². The summed E-state index contributed by atoms with van der Waals surface area (Å²) in [6, 6.07) is 20.5. The molecule has 1 aliphatic rings. The number of hydrazone groups is 1. The molecule has 34 heavy (non-hydrogen) atoms. The standard InChI is InChI=1S/C26H22N4O4/c1-2-34-22-10-6-5-9-21(22)28-26(33)20-15-17-7-3-4-8-19(17)23(24(20)31)30-29-18-13-11-16(12-14-18)25(27)32/h3-15,29H,2H2,1H3,(H2,27,32)(H,28,33)/b30-23+. The lowest BCUT2D eigenvalue weighted by molar-refractivity contribution is -0.116. The minimum atomic E-state index is -0.565. The third-order valence-corrected chi connectivity index (χ3v) is 5.12. The SMILES string of the molecule is CCOc1ccccc1NC(=O)C1=Cc2ccccc2/C(=N\Nc2ccc(C(N)=O)cc2)C1=O. The molecule has 0 fully saturated rings. The van der Waals surface area contributed by atoms with Crippen molar-refractivity contribution in [2.24, 2.45) is 10.8 Å². The number of anilines is 2. The van der Waals surface area contributed by atoms with Gasteiger partial charge in [0.2, 0.25) is 11.7 Å². The van der Waals surface area contributed by atoms with Crippen molar-refractivity contribution in [2.75, 3.05) is 17.3 Å². The van der Waals surface area contributed by atoms with Crippen LogP contribution in [0.2, 0.25) is 0 Å². The molecule has 8 nitrogen and oxygen atoms in total. The molecule has 0 atom stereocenters. The Balaban J connectivity index is 1.63. The molecule has 0 bridgehead atoms. The number of fused-ring (bicyclic) bond motifs is 1. The van der Waals surface area contributed by atoms with Crippen molar-refractivity contribution in [3.63, 3.8) is 0 Å². The first-order chi connectivity index (χ1) is 16.5. The topological polar surface area (TPSA) is 123 Å². The van der Waals surface area contributed by atoms with E-state index in [4.69, 9.17) is 10.5 Å². The fourth-order valence-electron chi connectivity index (χ4n) is 3.46. The van der Waals surface area contributed by atoms with Crippen LogP contribution in [0.3, 0.4) is 0 Å². The number of amides is 2. The Bertz CT molecular complexity index is 1330. The monoisotopic (exact) mass is 454 g/mol. The highest BCUT2D eigenvalue weighted by molar-refractivity contribution is 6.59. The molecule has 0 radical (unpaired) electrons. The molecule has 1 aliphatic carbocycles. The summed E-state index contributed by atoms with van der Waals surface area (Å²) < 4.78 is 5.56. The molecule has 0 aromatic heterocycles. The van der Waals surface area contributed by atoms with E-state index < -0.39 is 17.6 Å². The number of ketones is 1. The summed E-state index contributed by atoms with van der Waals surface area (Å²) in [6.07, 6.45) is 1.55. The Morgan fingerprint density at radius 1 is 0.971 bits per heavy atom. The van der Waals surface area contributed by atoms with Gasteiger partial charge in [-0.3, -0.25) is 19.8 Å². The minimum absolute atomic E-state index is 0.0466. The second kappa shape index (κ2) is 9.83. The lowest BCUT2D eigenvalue weighted by Gasteiger charge is -2.18.